The second kappa shape index (κ2) is 3.59. The van der Waals surface area contributed by atoms with Crippen molar-refractivity contribution in [2.75, 3.05) is 12.4 Å². The van der Waals surface area contributed by atoms with Gasteiger partial charge in [0, 0.05) is 7.05 Å². The van der Waals surface area contributed by atoms with Crippen LogP contribution in [0.15, 0.2) is 11.4 Å². The van der Waals surface area contributed by atoms with Gasteiger partial charge in [-0.2, -0.15) is 0 Å². The summed E-state index contributed by atoms with van der Waals surface area (Å²) >= 11 is 7.10. The standard InChI is InChI=1S/C6H7ClN2OS/c1-8-6(10)9-5-4(7)2-3-11-5/h2-3H,1H3,(H2,8,9,10). The molecule has 0 aromatic carbocycles. The zero-order chi connectivity index (χ0) is 8.27. The minimum Gasteiger partial charge on any atom is -0.341 e. The fourth-order valence-corrected chi connectivity index (χ4v) is 1.54. The Balaban J connectivity index is 2.64. The number of carbonyl (C=O) groups is 1. The molecule has 0 spiro atoms. The minimum absolute atomic E-state index is 0.255. The molecule has 0 aliphatic rings. The third-order valence-corrected chi connectivity index (χ3v) is 2.33. The van der Waals surface area contributed by atoms with Gasteiger partial charge in [0.2, 0.25) is 0 Å². The van der Waals surface area contributed by atoms with Crippen LogP contribution in [0, 0.1) is 0 Å². The molecule has 2 amide bonds. The predicted octanol–water partition coefficient (Wildman–Crippen LogP) is 2.15. The van der Waals surface area contributed by atoms with Gasteiger partial charge < -0.3 is 5.32 Å². The van der Waals surface area contributed by atoms with Gasteiger partial charge in [-0.1, -0.05) is 11.6 Å². The Morgan fingerprint density at radius 1 is 1.73 bits per heavy atom. The normalized spacial score (nSPS) is 9.27. The molecule has 60 valence electrons. The van der Waals surface area contributed by atoms with Crippen LogP contribution in [0.25, 0.3) is 0 Å². The van der Waals surface area contributed by atoms with Crippen LogP contribution in [0.5, 0.6) is 0 Å². The van der Waals surface area contributed by atoms with E-state index in [1.165, 1.54) is 11.3 Å². The number of rotatable bonds is 1. The highest BCUT2D eigenvalue weighted by molar-refractivity contribution is 7.15. The summed E-state index contributed by atoms with van der Waals surface area (Å²) in [6.45, 7) is 0. The lowest BCUT2D eigenvalue weighted by Gasteiger charge is -2.00. The molecule has 0 aliphatic heterocycles. The minimum atomic E-state index is -0.255. The maximum atomic E-state index is 10.8. The molecule has 0 unspecified atom stereocenters. The van der Waals surface area contributed by atoms with Crippen molar-refractivity contribution in [2.45, 2.75) is 0 Å². The van der Waals surface area contributed by atoms with Crippen LogP contribution in [0.2, 0.25) is 5.02 Å². The molecule has 1 heterocycles. The molecular formula is C6H7ClN2OS. The van der Waals surface area contributed by atoms with Crippen LogP contribution in [0.4, 0.5) is 9.80 Å². The molecule has 0 fully saturated rings. The molecule has 3 nitrogen and oxygen atoms in total. The van der Waals surface area contributed by atoms with Gasteiger partial charge >= 0.3 is 6.03 Å². The molecule has 0 bridgehead atoms. The van der Waals surface area contributed by atoms with E-state index in [0.717, 1.165) is 0 Å². The fraction of sp³-hybridized carbons (Fsp3) is 0.167. The summed E-state index contributed by atoms with van der Waals surface area (Å²) in [6.07, 6.45) is 0. The molecule has 2 N–H and O–H groups in total. The number of hydrogen-bond donors (Lipinski definition) is 2. The third-order valence-electron chi connectivity index (χ3n) is 1.07. The van der Waals surface area contributed by atoms with Gasteiger partial charge in [-0.25, -0.2) is 4.79 Å². The van der Waals surface area contributed by atoms with Crippen LogP contribution in [-0.4, -0.2) is 13.1 Å². The quantitative estimate of drug-likeness (QED) is 0.700. The molecule has 0 radical (unpaired) electrons. The van der Waals surface area contributed by atoms with Crippen LogP contribution in [0.1, 0.15) is 0 Å². The van der Waals surface area contributed by atoms with Gasteiger partial charge in [-0.3, -0.25) is 5.32 Å². The smallest absolute Gasteiger partial charge is 0.319 e. The van der Waals surface area contributed by atoms with Crippen molar-refractivity contribution in [1.29, 1.82) is 0 Å². The molecular weight excluding hydrogens is 184 g/mol. The zero-order valence-electron chi connectivity index (χ0n) is 5.85. The SMILES string of the molecule is CNC(=O)Nc1sccc1Cl. The summed E-state index contributed by atoms with van der Waals surface area (Å²) in [4.78, 5) is 10.8. The Bertz CT molecular complexity index is 261. The van der Waals surface area contributed by atoms with Gasteiger partial charge in [0.05, 0.1) is 5.02 Å². The molecule has 1 aromatic rings. The van der Waals surface area contributed by atoms with Crippen molar-refractivity contribution >= 4 is 34.0 Å². The van der Waals surface area contributed by atoms with Crippen molar-refractivity contribution < 1.29 is 4.79 Å². The Kier molecular flexibility index (Phi) is 2.73. The van der Waals surface area contributed by atoms with E-state index >= 15 is 0 Å². The third kappa shape index (κ3) is 2.10. The molecule has 1 aromatic heterocycles. The first-order chi connectivity index (χ1) is 5.24. The summed E-state index contributed by atoms with van der Waals surface area (Å²) in [5, 5.41) is 8.06. The molecule has 0 saturated heterocycles. The van der Waals surface area contributed by atoms with E-state index in [1.807, 2.05) is 5.38 Å². The van der Waals surface area contributed by atoms with Crippen LogP contribution in [0.3, 0.4) is 0 Å². The highest BCUT2D eigenvalue weighted by atomic mass is 35.5. The molecule has 5 heteroatoms. The average Bonchev–Trinajstić information content (AvgIpc) is 2.37. The zero-order valence-corrected chi connectivity index (χ0v) is 7.42. The first kappa shape index (κ1) is 8.36. The molecule has 0 atom stereocenters. The van der Waals surface area contributed by atoms with Crippen molar-refractivity contribution in [3.63, 3.8) is 0 Å². The first-order valence-electron chi connectivity index (χ1n) is 2.95. The Morgan fingerprint density at radius 2 is 2.45 bits per heavy atom. The summed E-state index contributed by atoms with van der Waals surface area (Å²) < 4.78 is 0. The Hall–Kier alpha value is -0.740. The topological polar surface area (TPSA) is 41.1 Å². The second-order valence-corrected chi connectivity index (χ2v) is 3.13. The van der Waals surface area contributed by atoms with Gasteiger partial charge in [-0.05, 0) is 11.4 Å². The lowest BCUT2D eigenvalue weighted by atomic mass is 10.6. The van der Waals surface area contributed by atoms with Crippen molar-refractivity contribution in [3.8, 4) is 0 Å². The first-order valence-corrected chi connectivity index (χ1v) is 4.21. The lowest BCUT2D eigenvalue weighted by molar-refractivity contribution is 0.254. The summed E-state index contributed by atoms with van der Waals surface area (Å²) in [5.74, 6) is 0. The van der Waals surface area contributed by atoms with Crippen molar-refractivity contribution in [2.24, 2.45) is 0 Å². The summed E-state index contributed by atoms with van der Waals surface area (Å²) in [7, 11) is 1.55. The Labute approximate surface area is 73.4 Å². The van der Waals surface area contributed by atoms with Crippen LogP contribution >= 0.6 is 22.9 Å². The number of carbonyl (C=O) groups excluding carboxylic acids is 1. The maximum absolute atomic E-state index is 10.8. The van der Waals surface area contributed by atoms with Gasteiger partial charge in [0.1, 0.15) is 5.00 Å². The maximum Gasteiger partial charge on any atom is 0.319 e. The fourth-order valence-electron chi connectivity index (χ4n) is 0.549. The van der Waals surface area contributed by atoms with E-state index in [2.05, 4.69) is 10.6 Å². The lowest BCUT2D eigenvalue weighted by Crippen LogP contribution is -2.23. The van der Waals surface area contributed by atoms with Gasteiger partial charge in [0.25, 0.3) is 0 Å². The number of nitrogens with one attached hydrogen (secondary N) is 2. The highest BCUT2D eigenvalue weighted by Gasteiger charge is 2.03. The van der Waals surface area contributed by atoms with E-state index in [9.17, 15) is 4.79 Å². The predicted molar refractivity (Wildman–Crippen MR) is 47.4 cm³/mol. The molecule has 1 rings (SSSR count). The van der Waals surface area contributed by atoms with E-state index in [1.54, 1.807) is 13.1 Å². The number of amides is 2. The summed E-state index contributed by atoms with van der Waals surface area (Å²) in [5.41, 5.74) is 0. The number of urea groups is 1. The van der Waals surface area contributed by atoms with Crippen molar-refractivity contribution in [3.05, 3.63) is 16.5 Å². The molecule has 0 saturated carbocycles. The van der Waals surface area contributed by atoms with E-state index in [0.29, 0.717) is 10.0 Å². The van der Waals surface area contributed by atoms with Crippen LogP contribution in [-0.2, 0) is 0 Å². The van der Waals surface area contributed by atoms with E-state index < -0.39 is 0 Å². The number of thiophene rings is 1. The number of hydrogen-bond acceptors (Lipinski definition) is 2. The highest BCUT2D eigenvalue weighted by Crippen LogP contribution is 2.27. The van der Waals surface area contributed by atoms with E-state index in [-0.39, 0.29) is 6.03 Å². The van der Waals surface area contributed by atoms with E-state index in [4.69, 9.17) is 11.6 Å². The summed E-state index contributed by atoms with van der Waals surface area (Å²) in [6, 6.07) is 1.48. The number of anilines is 1. The monoisotopic (exact) mass is 190 g/mol. The van der Waals surface area contributed by atoms with Crippen LogP contribution < -0.4 is 10.6 Å². The number of halogens is 1. The largest absolute Gasteiger partial charge is 0.341 e. The molecule has 11 heavy (non-hydrogen) atoms. The van der Waals surface area contributed by atoms with Gasteiger partial charge in [0.15, 0.2) is 0 Å². The average molecular weight is 191 g/mol. The molecule has 0 aliphatic carbocycles. The Morgan fingerprint density at radius 3 is 2.91 bits per heavy atom. The second-order valence-electron chi connectivity index (χ2n) is 1.80. The van der Waals surface area contributed by atoms with Crippen molar-refractivity contribution in [1.82, 2.24) is 5.32 Å². The van der Waals surface area contributed by atoms with Gasteiger partial charge in [-0.15, -0.1) is 11.3 Å².